The first-order valence-electron chi connectivity index (χ1n) is 4.73. The first kappa shape index (κ1) is 10.2. The molecule has 4 heteroatoms. The van der Waals surface area contributed by atoms with Crippen molar-refractivity contribution in [1.29, 1.82) is 0 Å². The highest BCUT2D eigenvalue weighted by Gasteiger charge is 2.16. The Morgan fingerprint density at radius 3 is 2.69 bits per heavy atom. The first-order chi connectivity index (χ1) is 6.15. The van der Waals surface area contributed by atoms with E-state index in [1.165, 1.54) is 0 Å². The molecule has 0 saturated heterocycles. The zero-order chi connectivity index (χ0) is 9.84. The fourth-order valence-corrected chi connectivity index (χ4v) is 1.02. The number of rotatable bonds is 4. The lowest BCUT2D eigenvalue weighted by atomic mass is 10.1. The summed E-state index contributed by atoms with van der Waals surface area (Å²) in [5.74, 6) is 1.65. The van der Waals surface area contributed by atoms with Gasteiger partial charge in [-0.1, -0.05) is 25.9 Å². The molecule has 0 saturated carbocycles. The highest BCUT2D eigenvalue weighted by atomic mass is 16.5. The van der Waals surface area contributed by atoms with Gasteiger partial charge in [0.15, 0.2) is 5.82 Å². The maximum atomic E-state index is 5.86. The number of nitrogens with zero attached hydrogens (tertiary/aromatic N) is 2. The normalized spacial score (nSPS) is 13.6. The maximum Gasteiger partial charge on any atom is 0.226 e. The Morgan fingerprint density at radius 1 is 1.46 bits per heavy atom. The third-order valence-electron chi connectivity index (χ3n) is 1.96. The van der Waals surface area contributed by atoms with Crippen LogP contribution in [0, 0.1) is 5.92 Å². The Hall–Kier alpha value is -0.900. The summed E-state index contributed by atoms with van der Waals surface area (Å²) < 4.78 is 5.04. The second-order valence-electron chi connectivity index (χ2n) is 3.57. The Balaban J connectivity index is 2.67. The summed E-state index contributed by atoms with van der Waals surface area (Å²) in [4.78, 5) is 4.22. The van der Waals surface area contributed by atoms with Crippen LogP contribution in [0.3, 0.4) is 0 Å². The van der Waals surface area contributed by atoms with Crippen LogP contribution in [0.1, 0.15) is 44.9 Å². The van der Waals surface area contributed by atoms with Gasteiger partial charge in [0.05, 0.1) is 6.04 Å². The fourth-order valence-electron chi connectivity index (χ4n) is 1.02. The van der Waals surface area contributed by atoms with Gasteiger partial charge in [-0.2, -0.15) is 4.98 Å². The van der Waals surface area contributed by atoms with Crippen molar-refractivity contribution < 1.29 is 4.52 Å². The molecule has 1 heterocycles. The second-order valence-corrected chi connectivity index (χ2v) is 3.57. The van der Waals surface area contributed by atoms with Gasteiger partial charge in [0.25, 0.3) is 0 Å². The van der Waals surface area contributed by atoms with E-state index in [0.29, 0.717) is 17.6 Å². The topological polar surface area (TPSA) is 64.9 Å². The largest absolute Gasteiger partial charge is 0.339 e. The Morgan fingerprint density at radius 2 is 2.15 bits per heavy atom. The lowest BCUT2D eigenvalue weighted by Gasteiger charge is -2.09. The van der Waals surface area contributed by atoms with Crippen molar-refractivity contribution in [3.05, 3.63) is 11.7 Å². The number of aryl methyl sites for hydroxylation is 1. The SMILES string of the molecule is CCCc1nc(C(N)C(C)C)no1. The average molecular weight is 183 g/mol. The minimum absolute atomic E-state index is 0.116. The van der Waals surface area contributed by atoms with Gasteiger partial charge in [-0.15, -0.1) is 0 Å². The molecule has 0 aliphatic rings. The molecule has 13 heavy (non-hydrogen) atoms. The third kappa shape index (κ3) is 2.52. The van der Waals surface area contributed by atoms with E-state index in [1.807, 2.05) is 13.8 Å². The molecule has 0 fully saturated rings. The molecule has 1 aromatic heterocycles. The second kappa shape index (κ2) is 4.37. The van der Waals surface area contributed by atoms with Crippen LogP contribution < -0.4 is 5.73 Å². The van der Waals surface area contributed by atoms with E-state index in [0.717, 1.165) is 12.8 Å². The molecular formula is C9H17N3O. The van der Waals surface area contributed by atoms with E-state index in [4.69, 9.17) is 10.3 Å². The molecular weight excluding hydrogens is 166 g/mol. The Bertz CT molecular complexity index is 257. The summed E-state index contributed by atoms with van der Waals surface area (Å²) >= 11 is 0. The minimum Gasteiger partial charge on any atom is -0.339 e. The van der Waals surface area contributed by atoms with E-state index in [1.54, 1.807) is 0 Å². The van der Waals surface area contributed by atoms with Gasteiger partial charge in [0.1, 0.15) is 0 Å². The van der Waals surface area contributed by atoms with E-state index in [-0.39, 0.29) is 6.04 Å². The van der Waals surface area contributed by atoms with Crippen molar-refractivity contribution in [2.75, 3.05) is 0 Å². The Kier molecular flexibility index (Phi) is 3.42. The van der Waals surface area contributed by atoms with Crippen molar-refractivity contribution in [2.24, 2.45) is 11.7 Å². The van der Waals surface area contributed by atoms with E-state index in [9.17, 15) is 0 Å². The van der Waals surface area contributed by atoms with Gasteiger partial charge in [-0.25, -0.2) is 0 Å². The quantitative estimate of drug-likeness (QED) is 0.771. The Labute approximate surface area is 78.5 Å². The van der Waals surface area contributed by atoms with Gasteiger partial charge < -0.3 is 10.3 Å². The molecule has 4 nitrogen and oxygen atoms in total. The van der Waals surface area contributed by atoms with Crippen molar-refractivity contribution >= 4 is 0 Å². The summed E-state index contributed by atoms with van der Waals surface area (Å²) in [6, 6.07) is -0.116. The van der Waals surface area contributed by atoms with Crippen LogP contribution in [-0.4, -0.2) is 10.1 Å². The molecule has 0 aliphatic carbocycles. The smallest absolute Gasteiger partial charge is 0.226 e. The van der Waals surface area contributed by atoms with Crippen LogP contribution in [0.15, 0.2) is 4.52 Å². The highest BCUT2D eigenvalue weighted by molar-refractivity contribution is 4.94. The van der Waals surface area contributed by atoms with E-state index in [2.05, 4.69) is 17.1 Å². The number of hydrogen-bond donors (Lipinski definition) is 1. The summed E-state index contributed by atoms with van der Waals surface area (Å²) in [5.41, 5.74) is 5.86. The predicted octanol–water partition coefficient (Wildman–Crippen LogP) is 1.68. The molecule has 0 aliphatic heterocycles. The minimum atomic E-state index is -0.116. The molecule has 1 aromatic rings. The highest BCUT2D eigenvalue weighted by Crippen LogP contribution is 2.15. The molecule has 0 bridgehead atoms. The summed E-state index contributed by atoms with van der Waals surface area (Å²) in [5, 5.41) is 3.84. The average Bonchev–Trinajstić information content (AvgIpc) is 2.52. The van der Waals surface area contributed by atoms with E-state index >= 15 is 0 Å². The molecule has 0 radical (unpaired) electrons. The van der Waals surface area contributed by atoms with Crippen LogP contribution in [0.4, 0.5) is 0 Å². The monoisotopic (exact) mass is 183 g/mol. The molecule has 1 rings (SSSR count). The standard InChI is InChI=1S/C9H17N3O/c1-4-5-7-11-9(12-13-7)8(10)6(2)3/h6,8H,4-5,10H2,1-3H3. The van der Waals surface area contributed by atoms with Crippen LogP contribution in [0.25, 0.3) is 0 Å². The van der Waals surface area contributed by atoms with Gasteiger partial charge in [-0.05, 0) is 12.3 Å². The fraction of sp³-hybridized carbons (Fsp3) is 0.778. The third-order valence-corrected chi connectivity index (χ3v) is 1.96. The summed E-state index contributed by atoms with van der Waals surface area (Å²) in [6.45, 7) is 6.16. The van der Waals surface area contributed by atoms with Gasteiger partial charge in [-0.3, -0.25) is 0 Å². The van der Waals surface area contributed by atoms with Gasteiger partial charge >= 0.3 is 0 Å². The van der Waals surface area contributed by atoms with Crippen molar-refractivity contribution in [1.82, 2.24) is 10.1 Å². The predicted molar refractivity (Wildman–Crippen MR) is 50.1 cm³/mol. The van der Waals surface area contributed by atoms with Gasteiger partial charge in [0, 0.05) is 6.42 Å². The number of aromatic nitrogens is 2. The summed E-state index contributed by atoms with van der Waals surface area (Å²) in [6.07, 6.45) is 1.84. The zero-order valence-electron chi connectivity index (χ0n) is 8.45. The lowest BCUT2D eigenvalue weighted by molar-refractivity contribution is 0.362. The van der Waals surface area contributed by atoms with Crippen LogP contribution in [0.5, 0.6) is 0 Å². The number of nitrogens with two attached hydrogens (primary N) is 1. The maximum absolute atomic E-state index is 5.86. The molecule has 2 N–H and O–H groups in total. The molecule has 1 atom stereocenters. The van der Waals surface area contributed by atoms with E-state index < -0.39 is 0 Å². The molecule has 0 aromatic carbocycles. The van der Waals surface area contributed by atoms with Crippen LogP contribution in [-0.2, 0) is 6.42 Å². The molecule has 74 valence electrons. The molecule has 0 amide bonds. The van der Waals surface area contributed by atoms with Gasteiger partial charge in [0.2, 0.25) is 5.89 Å². The van der Waals surface area contributed by atoms with Crippen LogP contribution in [0.2, 0.25) is 0 Å². The molecule has 0 spiro atoms. The lowest BCUT2D eigenvalue weighted by Crippen LogP contribution is -2.18. The number of hydrogen-bond acceptors (Lipinski definition) is 4. The van der Waals surface area contributed by atoms with Crippen LogP contribution >= 0.6 is 0 Å². The van der Waals surface area contributed by atoms with Crippen molar-refractivity contribution in [2.45, 2.75) is 39.7 Å². The van der Waals surface area contributed by atoms with Crippen molar-refractivity contribution in [3.8, 4) is 0 Å². The zero-order valence-corrected chi connectivity index (χ0v) is 8.45. The van der Waals surface area contributed by atoms with Crippen molar-refractivity contribution in [3.63, 3.8) is 0 Å². The summed E-state index contributed by atoms with van der Waals surface area (Å²) in [7, 11) is 0. The first-order valence-corrected chi connectivity index (χ1v) is 4.73. The molecule has 1 unspecified atom stereocenters.